The molecule has 1 aliphatic rings. The molecule has 0 atom stereocenters. The van der Waals surface area contributed by atoms with Crippen LogP contribution in [0.25, 0.3) is 0 Å². The summed E-state index contributed by atoms with van der Waals surface area (Å²) in [6, 6.07) is 1.83. The second-order valence-electron chi connectivity index (χ2n) is 5.60. The van der Waals surface area contributed by atoms with Gasteiger partial charge in [-0.2, -0.15) is 0 Å². The number of rotatable bonds is 7. The molecule has 0 amide bonds. The fourth-order valence-electron chi connectivity index (χ4n) is 2.13. The van der Waals surface area contributed by atoms with Gasteiger partial charge >= 0.3 is 0 Å². The number of hydrogen-bond acceptors (Lipinski definition) is 2. The summed E-state index contributed by atoms with van der Waals surface area (Å²) in [7, 11) is 0. The van der Waals surface area contributed by atoms with Gasteiger partial charge in [-0.05, 0) is 47.5 Å². The summed E-state index contributed by atoms with van der Waals surface area (Å²) in [6.45, 7) is 13.9. The second kappa shape index (κ2) is 9.80. The Morgan fingerprint density at radius 3 is 2.21 bits per heavy atom. The number of guanidine groups is 1. The molecule has 0 aromatic rings. The number of halogens is 1. The quantitative estimate of drug-likeness (QED) is 0.404. The maximum atomic E-state index is 4.65. The van der Waals surface area contributed by atoms with Gasteiger partial charge in [-0.15, -0.1) is 24.0 Å². The van der Waals surface area contributed by atoms with Gasteiger partial charge in [-0.25, -0.2) is 0 Å². The van der Waals surface area contributed by atoms with E-state index < -0.39 is 0 Å². The minimum absolute atomic E-state index is 0. The van der Waals surface area contributed by atoms with Crippen LogP contribution in [0.5, 0.6) is 0 Å². The van der Waals surface area contributed by atoms with E-state index in [4.69, 9.17) is 0 Å². The third kappa shape index (κ3) is 7.97. The van der Waals surface area contributed by atoms with E-state index in [2.05, 4.69) is 55.1 Å². The van der Waals surface area contributed by atoms with Crippen LogP contribution in [0, 0.1) is 0 Å². The van der Waals surface area contributed by atoms with Gasteiger partial charge in [0.15, 0.2) is 5.96 Å². The largest absolute Gasteiger partial charge is 0.357 e. The van der Waals surface area contributed by atoms with Crippen LogP contribution in [-0.4, -0.2) is 48.6 Å². The Labute approximate surface area is 135 Å². The number of hydrogen-bond donors (Lipinski definition) is 2. The van der Waals surface area contributed by atoms with E-state index in [0.29, 0.717) is 18.1 Å². The van der Waals surface area contributed by atoms with Crippen molar-refractivity contribution in [3.05, 3.63) is 0 Å². The first-order chi connectivity index (χ1) is 8.54. The maximum Gasteiger partial charge on any atom is 0.191 e. The lowest BCUT2D eigenvalue weighted by molar-refractivity contribution is 0.181. The molecule has 1 saturated carbocycles. The molecule has 1 aliphatic carbocycles. The number of aliphatic imine (C=N–C) groups is 1. The van der Waals surface area contributed by atoms with Gasteiger partial charge in [-0.3, -0.25) is 9.89 Å². The molecule has 4 nitrogen and oxygen atoms in total. The van der Waals surface area contributed by atoms with Gasteiger partial charge in [0.2, 0.25) is 0 Å². The molecule has 1 rings (SSSR count). The predicted molar refractivity (Wildman–Crippen MR) is 94.5 cm³/mol. The highest BCUT2D eigenvalue weighted by Crippen LogP contribution is 2.18. The minimum atomic E-state index is 0. The molecule has 0 saturated heterocycles. The van der Waals surface area contributed by atoms with Crippen molar-refractivity contribution in [3.63, 3.8) is 0 Å². The normalized spacial score (nSPS) is 15.9. The Hall–Kier alpha value is -0.0400. The van der Waals surface area contributed by atoms with Gasteiger partial charge in [-0.1, -0.05) is 0 Å². The molecule has 0 spiro atoms. The first-order valence-corrected chi connectivity index (χ1v) is 7.35. The summed E-state index contributed by atoms with van der Waals surface area (Å²) in [5.41, 5.74) is 0. The number of nitrogens with one attached hydrogen (secondary N) is 2. The molecule has 0 unspecified atom stereocenters. The first-order valence-electron chi connectivity index (χ1n) is 7.35. The van der Waals surface area contributed by atoms with Gasteiger partial charge in [0.1, 0.15) is 0 Å². The summed E-state index contributed by atoms with van der Waals surface area (Å²) < 4.78 is 0. The van der Waals surface area contributed by atoms with Crippen LogP contribution in [0.4, 0.5) is 0 Å². The zero-order valence-electron chi connectivity index (χ0n) is 13.1. The molecular weight excluding hydrogens is 351 g/mol. The highest BCUT2D eigenvalue weighted by atomic mass is 127. The van der Waals surface area contributed by atoms with Crippen molar-refractivity contribution >= 4 is 29.9 Å². The maximum absolute atomic E-state index is 4.65. The van der Waals surface area contributed by atoms with Crippen molar-refractivity contribution in [2.75, 3.05) is 19.6 Å². The Balaban J connectivity index is 0.00000324. The molecule has 2 N–H and O–H groups in total. The Morgan fingerprint density at radius 1 is 1.21 bits per heavy atom. The average molecular weight is 382 g/mol. The highest BCUT2D eigenvalue weighted by Gasteiger charge is 2.22. The second-order valence-corrected chi connectivity index (χ2v) is 5.60. The van der Waals surface area contributed by atoms with Crippen molar-refractivity contribution < 1.29 is 0 Å². The lowest BCUT2D eigenvalue weighted by atomic mass is 10.2. The van der Waals surface area contributed by atoms with Gasteiger partial charge < -0.3 is 10.6 Å². The summed E-state index contributed by atoms with van der Waals surface area (Å²) in [6.07, 6.45) is 2.57. The predicted octanol–water partition coefficient (Wildman–Crippen LogP) is 2.44. The third-order valence-electron chi connectivity index (χ3n) is 3.22. The fraction of sp³-hybridized carbons (Fsp3) is 0.929. The average Bonchev–Trinajstić information content (AvgIpc) is 3.07. The fourth-order valence-corrected chi connectivity index (χ4v) is 2.13. The molecule has 0 bridgehead atoms. The molecule has 0 heterocycles. The van der Waals surface area contributed by atoms with Crippen LogP contribution in [0.2, 0.25) is 0 Å². The molecule has 19 heavy (non-hydrogen) atoms. The Morgan fingerprint density at radius 2 is 1.79 bits per heavy atom. The summed E-state index contributed by atoms with van der Waals surface area (Å²) in [5.74, 6) is 0.979. The SMILES string of the molecule is CCNC(=NCCN(C(C)C)C(C)C)NC1CC1.I. The van der Waals surface area contributed by atoms with E-state index >= 15 is 0 Å². The number of nitrogens with zero attached hydrogens (tertiary/aromatic N) is 2. The molecule has 5 heteroatoms. The van der Waals surface area contributed by atoms with Crippen LogP contribution in [0.1, 0.15) is 47.5 Å². The van der Waals surface area contributed by atoms with Gasteiger partial charge in [0, 0.05) is 31.2 Å². The van der Waals surface area contributed by atoms with Crippen molar-refractivity contribution in [2.45, 2.75) is 65.6 Å². The van der Waals surface area contributed by atoms with Crippen LogP contribution < -0.4 is 10.6 Å². The van der Waals surface area contributed by atoms with E-state index in [1.54, 1.807) is 0 Å². The van der Waals surface area contributed by atoms with Crippen molar-refractivity contribution in [2.24, 2.45) is 4.99 Å². The minimum Gasteiger partial charge on any atom is -0.357 e. The third-order valence-corrected chi connectivity index (χ3v) is 3.22. The van der Waals surface area contributed by atoms with E-state index in [0.717, 1.165) is 25.6 Å². The van der Waals surface area contributed by atoms with Crippen molar-refractivity contribution in [1.82, 2.24) is 15.5 Å². The highest BCUT2D eigenvalue weighted by molar-refractivity contribution is 14.0. The molecule has 0 radical (unpaired) electrons. The van der Waals surface area contributed by atoms with Crippen LogP contribution in [0.15, 0.2) is 4.99 Å². The van der Waals surface area contributed by atoms with Gasteiger partial charge in [0.25, 0.3) is 0 Å². The van der Waals surface area contributed by atoms with E-state index in [1.807, 2.05) is 0 Å². The molecular formula is C14H31IN4. The molecule has 114 valence electrons. The van der Waals surface area contributed by atoms with E-state index in [9.17, 15) is 0 Å². The van der Waals surface area contributed by atoms with Crippen molar-refractivity contribution in [1.29, 1.82) is 0 Å². The van der Waals surface area contributed by atoms with Crippen LogP contribution in [-0.2, 0) is 0 Å². The van der Waals surface area contributed by atoms with E-state index in [-0.39, 0.29) is 24.0 Å². The van der Waals surface area contributed by atoms with Crippen LogP contribution in [0.3, 0.4) is 0 Å². The molecule has 0 aromatic carbocycles. The topological polar surface area (TPSA) is 39.7 Å². The zero-order valence-corrected chi connectivity index (χ0v) is 15.4. The first kappa shape index (κ1) is 19.0. The van der Waals surface area contributed by atoms with E-state index in [1.165, 1.54) is 12.8 Å². The summed E-state index contributed by atoms with van der Waals surface area (Å²) in [4.78, 5) is 7.13. The van der Waals surface area contributed by atoms with Gasteiger partial charge in [0.05, 0.1) is 6.54 Å². The lowest BCUT2D eigenvalue weighted by Crippen LogP contribution is -2.41. The molecule has 0 aromatic heterocycles. The zero-order chi connectivity index (χ0) is 13.5. The Bertz CT molecular complexity index is 254. The summed E-state index contributed by atoms with van der Waals surface area (Å²) >= 11 is 0. The smallest absolute Gasteiger partial charge is 0.191 e. The standard InChI is InChI=1S/C14H30N4.HI/c1-6-15-14(17-13-7-8-13)16-9-10-18(11(2)3)12(4)5;/h11-13H,6-10H2,1-5H3,(H2,15,16,17);1H. The molecule has 0 aliphatic heterocycles. The van der Waals surface area contributed by atoms with Crippen molar-refractivity contribution in [3.8, 4) is 0 Å². The summed E-state index contributed by atoms with van der Waals surface area (Å²) in [5, 5.41) is 6.75. The lowest BCUT2D eigenvalue weighted by Gasteiger charge is -2.29. The Kier molecular flexibility index (Phi) is 9.78. The monoisotopic (exact) mass is 382 g/mol. The molecule has 1 fully saturated rings. The van der Waals surface area contributed by atoms with Crippen LogP contribution >= 0.6 is 24.0 Å².